The Labute approximate surface area is 203 Å². The molecule has 1 aromatic heterocycles. The monoisotopic (exact) mass is 514 g/mol. The normalized spacial score (nSPS) is 11.2. The van der Waals surface area contributed by atoms with Gasteiger partial charge in [-0.1, -0.05) is 81.7 Å². The van der Waals surface area contributed by atoms with E-state index in [4.69, 9.17) is 74.7 Å². The summed E-state index contributed by atoms with van der Waals surface area (Å²) in [4.78, 5) is 0. The number of rotatable bonds is 3. The lowest BCUT2D eigenvalue weighted by molar-refractivity contribution is 0.892. The largest absolute Gasteiger partial charge is 0.231 e. The number of hydrogen-bond acceptors (Lipinski definition) is 1. The Morgan fingerprint density at radius 2 is 1.23 bits per heavy atom. The highest BCUT2D eigenvalue weighted by atomic mass is 35.5. The molecule has 0 bridgehead atoms. The van der Waals surface area contributed by atoms with Crippen molar-refractivity contribution in [1.29, 1.82) is 0 Å². The second-order valence-corrected chi connectivity index (χ2v) is 9.06. The van der Waals surface area contributed by atoms with E-state index in [-0.39, 0.29) is 0 Å². The van der Waals surface area contributed by atoms with Gasteiger partial charge in [0, 0.05) is 21.7 Å². The van der Waals surface area contributed by atoms with Crippen LogP contribution in [0.4, 0.5) is 0 Å². The number of aromatic nitrogens is 2. The molecule has 4 aromatic rings. The molecule has 0 spiro atoms. The lowest BCUT2D eigenvalue weighted by atomic mass is 10.0. The number of hydrogen-bond donors (Lipinski definition) is 0. The summed E-state index contributed by atoms with van der Waals surface area (Å²) in [6, 6.07) is 16.1. The van der Waals surface area contributed by atoms with Gasteiger partial charge in [-0.3, -0.25) is 0 Å². The summed E-state index contributed by atoms with van der Waals surface area (Å²) in [6.45, 7) is 1.98. The van der Waals surface area contributed by atoms with E-state index >= 15 is 0 Å². The third-order valence-electron chi connectivity index (χ3n) is 4.65. The zero-order valence-electron chi connectivity index (χ0n) is 15.4. The van der Waals surface area contributed by atoms with Gasteiger partial charge in [-0.2, -0.15) is 5.10 Å². The zero-order valence-corrected chi connectivity index (χ0v) is 19.9. The van der Waals surface area contributed by atoms with Crippen molar-refractivity contribution in [2.24, 2.45) is 0 Å². The topological polar surface area (TPSA) is 17.8 Å². The first-order valence-corrected chi connectivity index (χ1v) is 11.0. The summed E-state index contributed by atoms with van der Waals surface area (Å²) in [5.74, 6) is 0. The van der Waals surface area contributed by atoms with Crippen LogP contribution in [0.2, 0.25) is 30.1 Å². The fourth-order valence-electron chi connectivity index (χ4n) is 3.22. The van der Waals surface area contributed by atoms with Crippen LogP contribution >= 0.6 is 69.6 Å². The van der Waals surface area contributed by atoms with E-state index in [2.05, 4.69) is 0 Å². The van der Waals surface area contributed by atoms with Crippen molar-refractivity contribution >= 4 is 69.6 Å². The van der Waals surface area contributed by atoms with Crippen LogP contribution in [-0.2, 0) is 0 Å². The standard InChI is InChI=1S/C22H12Cl6N2/c1-11-21(12-2-5-15(24)17(26)8-12)29-30(20-7-4-14(23)10-19(20)28)22(11)13-3-6-16(25)18(27)9-13/h2-10H,1H3. The molecule has 0 unspecified atom stereocenters. The van der Waals surface area contributed by atoms with Crippen molar-refractivity contribution in [2.75, 3.05) is 0 Å². The molecule has 8 heteroatoms. The molecule has 3 aromatic carbocycles. The fourth-order valence-corrected chi connectivity index (χ4v) is 4.31. The fraction of sp³-hybridized carbons (Fsp3) is 0.0455. The summed E-state index contributed by atoms with van der Waals surface area (Å²) < 4.78 is 1.77. The highest BCUT2D eigenvalue weighted by Gasteiger charge is 2.21. The minimum Gasteiger partial charge on any atom is -0.231 e. The number of benzene rings is 3. The van der Waals surface area contributed by atoms with Crippen LogP contribution in [-0.4, -0.2) is 9.78 Å². The van der Waals surface area contributed by atoms with Gasteiger partial charge in [0.2, 0.25) is 0 Å². The van der Waals surface area contributed by atoms with E-state index in [1.807, 2.05) is 25.1 Å². The van der Waals surface area contributed by atoms with Crippen LogP contribution in [0.25, 0.3) is 28.2 Å². The van der Waals surface area contributed by atoms with Crippen molar-refractivity contribution in [3.8, 4) is 28.2 Å². The van der Waals surface area contributed by atoms with E-state index in [1.54, 1.807) is 41.1 Å². The maximum Gasteiger partial charge on any atom is 0.0963 e. The Morgan fingerprint density at radius 3 is 1.83 bits per heavy atom. The molecule has 0 amide bonds. The molecule has 0 aliphatic heterocycles. The molecule has 0 atom stereocenters. The predicted octanol–water partition coefficient (Wildman–Crippen LogP) is 9.44. The lowest BCUT2D eigenvalue weighted by Gasteiger charge is -2.11. The van der Waals surface area contributed by atoms with E-state index in [9.17, 15) is 0 Å². The summed E-state index contributed by atoms with van der Waals surface area (Å²) in [5.41, 5.74) is 4.81. The van der Waals surface area contributed by atoms with Gasteiger partial charge < -0.3 is 0 Å². The Bertz CT molecular complexity index is 1280. The third kappa shape index (κ3) is 4.05. The molecule has 0 radical (unpaired) electrons. The van der Waals surface area contributed by atoms with Gasteiger partial charge in [0.25, 0.3) is 0 Å². The molecular weight excluding hydrogens is 505 g/mol. The molecule has 0 fully saturated rings. The maximum absolute atomic E-state index is 6.50. The molecule has 0 aliphatic carbocycles. The van der Waals surface area contributed by atoms with Crippen molar-refractivity contribution in [1.82, 2.24) is 9.78 Å². The molecule has 0 N–H and O–H groups in total. The van der Waals surface area contributed by atoms with E-state index in [1.165, 1.54) is 0 Å². The molecule has 4 rings (SSSR count). The van der Waals surface area contributed by atoms with Crippen molar-refractivity contribution in [3.63, 3.8) is 0 Å². The first-order chi connectivity index (χ1) is 14.3. The average molecular weight is 517 g/mol. The van der Waals surface area contributed by atoms with E-state index < -0.39 is 0 Å². The number of nitrogens with zero attached hydrogens (tertiary/aromatic N) is 2. The second kappa shape index (κ2) is 8.63. The summed E-state index contributed by atoms with van der Waals surface area (Å²) in [5, 5.41) is 7.69. The Hall–Kier alpha value is -1.39. The van der Waals surface area contributed by atoms with Crippen molar-refractivity contribution < 1.29 is 0 Å². The van der Waals surface area contributed by atoms with Gasteiger partial charge >= 0.3 is 0 Å². The molecule has 30 heavy (non-hydrogen) atoms. The number of halogens is 6. The maximum atomic E-state index is 6.50. The van der Waals surface area contributed by atoms with Crippen LogP contribution in [0.3, 0.4) is 0 Å². The predicted molar refractivity (Wildman–Crippen MR) is 129 cm³/mol. The SMILES string of the molecule is Cc1c(-c2ccc(Cl)c(Cl)c2)nn(-c2ccc(Cl)cc2Cl)c1-c1ccc(Cl)c(Cl)c1. The van der Waals surface area contributed by atoms with E-state index in [0.29, 0.717) is 35.8 Å². The minimum atomic E-state index is 0.444. The van der Waals surface area contributed by atoms with Gasteiger partial charge in [0.1, 0.15) is 0 Å². The lowest BCUT2D eigenvalue weighted by Crippen LogP contribution is -2.00. The van der Waals surface area contributed by atoms with Crippen LogP contribution < -0.4 is 0 Å². The van der Waals surface area contributed by atoms with Crippen LogP contribution in [0, 0.1) is 6.92 Å². The average Bonchev–Trinajstić information content (AvgIpc) is 3.03. The van der Waals surface area contributed by atoms with Crippen molar-refractivity contribution in [2.45, 2.75) is 6.92 Å². The second-order valence-electron chi connectivity index (χ2n) is 6.59. The van der Waals surface area contributed by atoms with Gasteiger partial charge in [-0.05, 0) is 49.4 Å². The highest BCUT2D eigenvalue weighted by Crippen LogP contribution is 2.39. The molecule has 0 saturated heterocycles. The molecule has 0 aliphatic rings. The van der Waals surface area contributed by atoms with Gasteiger partial charge in [-0.15, -0.1) is 0 Å². The first kappa shape index (κ1) is 21.8. The van der Waals surface area contributed by atoms with Gasteiger partial charge in [0.15, 0.2) is 0 Å². The Morgan fingerprint density at radius 1 is 0.633 bits per heavy atom. The van der Waals surface area contributed by atoms with Crippen LogP contribution in [0.1, 0.15) is 5.56 Å². The molecule has 0 saturated carbocycles. The quantitative estimate of drug-likeness (QED) is 0.265. The van der Waals surface area contributed by atoms with Gasteiger partial charge in [0.05, 0.1) is 42.2 Å². The highest BCUT2D eigenvalue weighted by molar-refractivity contribution is 6.42. The van der Waals surface area contributed by atoms with Crippen LogP contribution in [0.15, 0.2) is 54.6 Å². The van der Waals surface area contributed by atoms with Crippen molar-refractivity contribution in [3.05, 3.63) is 90.3 Å². The summed E-state index contributed by atoms with van der Waals surface area (Å²) in [7, 11) is 0. The molecule has 152 valence electrons. The Kier molecular flexibility index (Phi) is 6.28. The minimum absolute atomic E-state index is 0.444. The third-order valence-corrected chi connectivity index (χ3v) is 6.66. The zero-order chi connectivity index (χ0) is 21.6. The summed E-state index contributed by atoms with van der Waals surface area (Å²) >= 11 is 37.3. The van der Waals surface area contributed by atoms with Crippen LogP contribution in [0.5, 0.6) is 0 Å². The first-order valence-electron chi connectivity index (χ1n) is 8.72. The van der Waals surface area contributed by atoms with Gasteiger partial charge in [-0.25, -0.2) is 4.68 Å². The molecule has 1 heterocycles. The van der Waals surface area contributed by atoms with E-state index in [0.717, 1.165) is 28.1 Å². The smallest absolute Gasteiger partial charge is 0.0963 e. The Balaban J connectivity index is 2.02. The summed E-state index contributed by atoms with van der Waals surface area (Å²) in [6.07, 6.45) is 0. The molecule has 2 nitrogen and oxygen atoms in total. The molecular formula is C22H12Cl6N2.